The van der Waals surface area contributed by atoms with Crippen LogP contribution < -0.4 is 15.4 Å². The lowest BCUT2D eigenvalue weighted by atomic mass is 10.1. The average molecular weight is 372 g/mol. The Bertz CT molecular complexity index is 1050. The van der Waals surface area contributed by atoms with E-state index in [1.807, 2.05) is 60.7 Å². The fourth-order valence-corrected chi connectivity index (χ4v) is 2.88. The highest BCUT2D eigenvalue weighted by Gasteiger charge is 2.09. The number of para-hydroxylation sites is 2. The first-order valence-corrected chi connectivity index (χ1v) is 8.94. The predicted molar refractivity (Wildman–Crippen MR) is 111 cm³/mol. The molecule has 6 heteroatoms. The van der Waals surface area contributed by atoms with Crippen molar-refractivity contribution in [2.75, 3.05) is 17.7 Å². The third kappa shape index (κ3) is 3.96. The maximum absolute atomic E-state index is 12.4. The minimum atomic E-state index is -0.208. The Balaban J connectivity index is 1.37. The maximum Gasteiger partial charge on any atom is 0.257 e. The number of imidazole rings is 1. The van der Waals surface area contributed by atoms with E-state index in [0.717, 1.165) is 28.0 Å². The van der Waals surface area contributed by atoms with Gasteiger partial charge in [-0.1, -0.05) is 24.3 Å². The summed E-state index contributed by atoms with van der Waals surface area (Å²) in [5.74, 6) is 1.07. The van der Waals surface area contributed by atoms with E-state index in [2.05, 4.69) is 20.6 Å². The molecular formula is C22H20N4O2. The lowest BCUT2D eigenvalue weighted by Crippen LogP contribution is -2.13. The zero-order chi connectivity index (χ0) is 19.3. The van der Waals surface area contributed by atoms with E-state index < -0.39 is 0 Å². The molecule has 140 valence electrons. The normalized spacial score (nSPS) is 10.6. The molecule has 0 atom stereocenters. The van der Waals surface area contributed by atoms with Crippen LogP contribution >= 0.6 is 0 Å². The van der Waals surface area contributed by atoms with Crippen LogP contribution in [0.15, 0.2) is 72.8 Å². The third-order valence-corrected chi connectivity index (χ3v) is 4.42. The first kappa shape index (κ1) is 17.6. The highest BCUT2D eigenvalue weighted by atomic mass is 16.5. The molecule has 1 aromatic heterocycles. The molecule has 4 aromatic rings. The number of nitrogens with zero attached hydrogens (tertiary/aromatic N) is 1. The van der Waals surface area contributed by atoms with Gasteiger partial charge in [0.25, 0.3) is 5.91 Å². The Morgan fingerprint density at radius 1 is 1.00 bits per heavy atom. The molecule has 0 aliphatic carbocycles. The topological polar surface area (TPSA) is 79.0 Å². The van der Waals surface area contributed by atoms with Crippen molar-refractivity contribution in [1.29, 1.82) is 0 Å². The molecule has 1 amide bonds. The van der Waals surface area contributed by atoms with Gasteiger partial charge in [0.1, 0.15) is 5.75 Å². The van der Waals surface area contributed by atoms with Gasteiger partial charge in [0.05, 0.1) is 18.1 Å². The SMILES string of the molecule is COc1ccc(CNc2ccc(C(=O)Nc3nc4ccccc4[nH]3)cc2)cc1. The van der Waals surface area contributed by atoms with Gasteiger partial charge in [0, 0.05) is 17.8 Å². The molecule has 3 aromatic carbocycles. The molecule has 1 heterocycles. The highest BCUT2D eigenvalue weighted by molar-refractivity contribution is 6.04. The summed E-state index contributed by atoms with van der Waals surface area (Å²) in [6.45, 7) is 0.689. The molecular weight excluding hydrogens is 352 g/mol. The second-order valence-corrected chi connectivity index (χ2v) is 6.34. The smallest absolute Gasteiger partial charge is 0.257 e. The summed E-state index contributed by atoms with van der Waals surface area (Å²) in [6, 6.07) is 22.9. The molecule has 0 spiro atoms. The summed E-state index contributed by atoms with van der Waals surface area (Å²) >= 11 is 0. The van der Waals surface area contributed by atoms with Gasteiger partial charge in [-0.15, -0.1) is 0 Å². The maximum atomic E-state index is 12.4. The number of carbonyl (C=O) groups is 1. The van der Waals surface area contributed by atoms with Gasteiger partial charge in [-0.2, -0.15) is 0 Å². The average Bonchev–Trinajstić information content (AvgIpc) is 3.15. The molecule has 3 N–H and O–H groups in total. The number of fused-ring (bicyclic) bond motifs is 1. The minimum absolute atomic E-state index is 0.208. The Labute approximate surface area is 162 Å². The standard InChI is InChI=1S/C22H20N4O2/c1-28-18-12-6-15(7-13-18)14-23-17-10-8-16(9-11-17)21(27)26-22-24-19-4-2-3-5-20(19)25-22/h2-13,23H,14H2,1H3,(H2,24,25,26,27). The molecule has 0 aliphatic rings. The number of anilines is 2. The van der Waals surface area contributed by atoms with E-state index in [-0.39, 0.29) is 5.91 Å². The van der Waals surface area contributed by atoms with Crippen molar-refractivity contribution in [2.45, 2.75) is 6.54 Å². The largest absolute Gasteiger partial charge is 0.497 e. The van der Waals surface area contributed by atoms with E-state index in [4.69, 9.17) is 4.74 Å². The molecule has 0 bridgehead atoms. The van der Waals surface area contributed by atoms with Crippen molar-refractivity contribution < 1.29 is 9.53 Å². The summed E-state index contributed by atoms with van der Waals surface area (Å²) in [5.41, 5.74) is 4.35. The number of rotatable bonds is 6. The number of methoxy groups -OCH3 is 1. The number of ether oxygens (including phenoxy) is 1. The Hall–Kier alpha value is -3.80. The van der Waals surface area contributed by atoms with Gasteiger partial charge >= 0.3 is 0 Å². The number of aromatic nitrogens is 2. The van der Waals surface area contributed by atoms with Crippen molar-refractivity contribution >= 4 is 28.6 Å². The fraction of sp³-hybridized carbons (Fsp3) is 0.0909. The van der Waals surface area contributed by atoms with Crippen LogP contribution in [0.3, 0.4) is 0 Å². The zero-order valence-corrected chi connectivity index (χ0v) is 15.4. The van der Waals surface area contributed by atoms with E-state index in [1.165, 1.54) is 0 Å². The van der Waals surface area contributed by atoms with Crippen LogP contribution in [0.4, 0.5) is 11.6 Å². The highest BCUT2D eigenvalue weighted by Crippen LogP contribution is 2.16. The first-order chi connectivity index (χ1) is 13.7. The second kappa shape index (κ2) is 7.84. The zero-order valence-electron chi connectivity index (χ0n) is 15.4. The van der Waals surface area contributed by atoms with Crippen molar-refractivity contribution in [1.82, 2.24) is 9.97 Å². The molecule has 0 unspecified atom stereocenters. The number of hydrogen-bond acceptors (Lipinski definition) is 4. The lowest BCUT2D eigenvalue weighted by Gasteiger charge is -2.08. The molecule has 4 rings (SSSR count). The Morgan fingerprint density at radius 2 is 1.75 bits per heavy atom. The first-order valence-electron chi connectivity index (χ1n) is 8.94. The van der Waals surface area contributed by atoms with Crippen LogP contribution in [0.1, 0.15) is 15.9 Å². The van der Waals surface area contributed by atoms with Crippen molar-refractivity contribution in [3.05, 3.63) is 83.9 Å². The second-order valence-electron chi connectivity index (χ2n) is 6.34. The summed E-state index contributed by atoms with van der Waals surface area (Å²) in [6.07, 6.45) is 0. The molecule has 0 saturated carbocycles. The number of carbonyl (C=O) groups excluding carboxylic acids is 1. The molecule has 6 nitrogen and oxygen atoms in total. The number of amides is 1. The van der Waals surface area contributed by atoms with Crippen molar-refractivity contribution in [3.8, 4) is 5.75 Å². The van der Waals surface area contributed by atoms with Gasteiger partial charge in [-0.05, 0) is 54.1 Å². The van der Waals surface area contributed by atoms with Gasteiger partial charge < -0.3 is 15.0 Å². The molecule has 0 fully saturated rings. The molecule has 0 aliphatic heterocycles. The van der Waals surface area contributed by atoms with Crippen LogP contribution in [-0.2, 0) is 6.54 Å². The molecule has 0 saturated heterocycles. The summed E-state index contributed by atoms with van der Waals surface area (Å²) < 4.78 is 5.16. The summed E-state index contributed by atoms with van der Waals surface area (Å²) in [7, 11) is 1.65. The van der Waals surface area contributed by atoms with Crippen molar-refractivity contribution in [3.63, 3.8) is 0 Å². The third-order valence-electron chi connectivity index (χ3n) is 4.42. The number of H-pyrrole nitrogens is 1. The minimum Gasteiger partial charge on any atom is -0.497 e. The lowest BCUT2D eigenvalue weighted by molar-refractivity contribution is 0.102. The predicted octanol–water partition coefficient (Wildman–Crippen LogP) is 4.44. The summed E-state index contributed by atoms with van der Waals surface area (Å²) in [4.78, 5) is 19.9. The summed E-state index contributed by atoms with van der Waals surface area (Å²) in [5, 5.41) is 6.14. The van der Waals surface area contributed by atoms with Crippen LogP contribution in [-0.4, -0.2) is 23.0 Å². The van der Waals surface area contributed by atoms with E-state index in [0.29, 0.717) is 18.1 Å². The van der Waals surface area contributed by atoms with Crippen molar-refractivity contribution in [2.24, 2.45) is 0 Å². The van der Waals surface area contributed by atoms with E-state index in [1.54, 1.807) is 19.2 Å². The quantitative estimate of drug-likeness (QED) is 0.468. The Kier molecular flexibility index (Phi) is 4.93. The van der Waals surface area contributed by atoms with Crippen LogP contribution in [0, 0.1) is 0 Å². The van der Waals surface area contributed by atoms with E-state index in [9.17, 15) is 4.79 Å². The van der Waals surface area contributed by atoms with Crippen LogP contribution in [0.25, 0.3) is 11.0 Å². The van der Waals surface area contributed by atoms with Gasteiger partial charge in [-0.25, -0.2) is 4.98 Å². The molecule has 28 heavy (non-hydrogen) atoms. The number of benzene rings is 3. The van der Waals surface area contributed by atoms with Gasteiger partial charge in [-0.3, -0.25) is 10.1 Å². The Morgan fingerprint density at radius 3 is 2.46 bits per heavy atom. The van der Waals surface area contributed by atoms with E-state index >= 15 is 0 Å². The number of hydrogen-bond donors (Lipinski definition) is 3. The van der Waals surface area contributed by atoms with Crippen LogP contribution in [0.5, 0.6) is 5.75 Å². The fourth-order valence-electron chi connectivity index (χ4n) is 2.88. The number of aromatic amines is 1. The molecule has 0 radical (unpaired) electrons. The van der Waals surface area contributed by atoms with Gasteiger partial charge in [0.15, 0.2) is 0 Å². The monoisotopic (exact) mass is 372 g/mol. The van der Waals surface area contributed by atoms with Crippen LogP contribution in [0.2, 0.25) is 0 Å². The van der Waals surface area contributed by atoms with Gasteiger partial charge in [0.2, 0.25) is 5.95 Å². The number of nitrogens with one attached hydrogen (secondary N) is 3.